The Balaban J connectivity index is 2.55. The van der Waals surface area contributed by atoms with Crippen LogP contribution in [0.1, 0.15) is 23.3 Å². The van der Waals surface area contributed by atoms with Gasteiger partial charge in [0.2, 0.25) is 0 Å². The maximum atomic E-state index is 11.6. The average Bonchev–Trinajstić information content (AvgIpc) is 2.87. The molecule has 0 aromatic carbocycles. The molecule has 0 spiro atoms. The molecule has 8 heteroatoms. The number of esters is 1. The van der Waals surface area contributed by atoms with E-state index in [4.69, 9.17) is 5.11 Å². The highest BCUT2D eigenvalue weighted by Crippen LogP contribution is 2.01. The number of carbonyl (C=O) groups is 3. The van der Waals surface area contributed by atoms with Gasteiger partial charge in [0.15, 0.2) is 0 Å². The predicted molar refractivity (Wildman–Crippen MR) is 58.7 cm³/mol. The molecular formula is C10H13N3O5. The van der Waals surface area contributed by atoms with Crippen molar-refractivity contribution in [2.45, 2.75) is 18.9 Å². The number of hydrogen-bond acceptors (Lipinski definition) is 5. The number of aliphatic carboxylic acids is 1. The third kappa shape index (κ3) is 3.89. The molecule has 0 fully saturated rings. The number of amides is 1. The quantitative estimate of drug-likeness (QED) is 0.592. The molecule has 0 radical (unpaired) electrons. The van der Waals surface area contributed by atoms with Gasteiger partial charge in [0.05, 0.1) is 19.6 Å². The summed E-state index contributed by atoms with van der Waals surface area (Å²) in [6.07, 6.45) is 2.45. The van der Waals surface area contributed by atoms with Crippen LogP contribution in [0.4, 0.5) is 0 Å². The number of rotatable bonds is 6. The van der Waals surface area contributed by atoms with E-state index < -0.39 is 23.9 Å². The van der Waals surface area contributed by atoms with Crippen LogP contribution >= 0.6 is 0 Å². The molecule has 18 heavy (non-hydrogen) atoms. The summed E-state index contributed by atoms with van der Waals surface area (Å²) in [4.78, 5) is 39.6. The minimum atomic E-state index is -1.22. The van der Waals surface area contributed by atoms with E-state index in [9.17, 15) is 14.4 Å². The second-order valence-corrected chi connectivity index (χ2v) is 3.44. The Bertz CT molecular complexity index is 429. The number of hydrogen-bond donors (Lipinski definition) is 3. The van der Waals surface area contributed by atoms with E-state index in [2.05, 4.69) is 20.0 Å². The first-order valence-corrected chi connectivity index (χ1v) is 5.13. The van der Waals surface area contributed by atoms with Crippen LogP contribution in [0.15, 0.2) is 12.5 Å². The first-order chi connectivity index (χ1) is 8.54. The fraction of sp³-hybridized carbons (Fsp3) is 0.400. The Morgan fingerprint density at radius 1 is 1.56 bits per heavy atom. The molecule has 1 aromatic rings. The van der Waals surface area contributed by atoms with E-state index in [1.165, 1.54) is 19.6 Å². The molecule has 0 aliphatic rings. The van der Waals surface area contributed by atoms with Crippen LogP contribution in [0.25, 0.3) is 0 Å². The highest BCUT2D eigenvalue weighted by atomic mass is 16.5. The fourth-order valence-electron chi connectivity index (χ4n) is 1.24. The number of nitrogens with zero attached hydrogens (tertiary/aromatic N) is 1. The van der Waals surface area contributed by atoms with Gasteiger partial charge in [0.25, 0.3) is 5.91 Å². The Labute approximate surface area is 102 Å². The number of methoxy groups -OCH3 is 1. The van der Waals surface area contributed by atoms with Gasteiger partial charge in [-0.3, -0.25) is 9.59 Å². The SMILES string of the molecule is COC(=O)CC[C@@H](NC(=O)c1cnc[nH]1)C(=O)O. The van der Waals surface area contributed by atoms with E-state index >= 15 is 0 Å². The zero-order valence-corrected chi connectivity index (χ0v) is 9.67. The van der Waals surface area contributed by atoms with E-state index in [1.807, 2.05) is 0 Å². The Kier molecular flexibility index (Phi) is 4.85. The van der Waals surface area contributed by atoms with Crippen molar-refractivity contribution in [3.63, 3.8) is 0 Å². The highest BCUT2D eigenvalue weighted by Gasteiger charge is 2.22. The van der Waals surface area contributed by atoms with E-state index in [-0.39, 0.29) is 18.5 Å². The Morgan fingerprint density at radius 3 is 2.78 bits per heavy atom. The number of H-pyrrole nitrogens is 1. The molecule has 0 aliphatic carbocycles. The second-order valence-electron chi connectivity index (χ2n) is 3.44. The number of aromatic amines is 1. The number of nitrogens with one attached hydrogen (secondary N) is 2. The predicted octanol–water partition coefficient (Wildman–Crippen LogP) is -0.454. The van der Waals surface area contributed by atoms with Gasteiger partial charge in [0, 0.05) is 6.42 Å². The summed E-state index contributed by atoms with van der Waals surface area (Å²) in [5.41, 5.74) is 0.152. The van der Waals surface area contributed by atoms with Gasteiger partial charge in [-0.25, -0.2) is 9.78 Å². The molecule has 0 bridgehead atoms. The maximum Gasteiger partial charge on any atom is 0.326 e. The van der Waals surface area contributed by atoms with Crippen LogP contribution < -0.4 is 5.32 Å². The minimum absolute atomic E-state index is 0.0398. The zero-order valence-electron chi connectivity index (χ0n) is 9.67. The first kappa shape index (κ1) is 13.7. The van der Waals surface area contributed by atoms with Gasteiger partial charge in [-0.15, -0.1) is 0 Å². The van der Waals surface area contributed by atoms with Crippen molar-refractivity contribution in [3.05, 3.63) is 18.2 Å². The summed E-state index contributed by atoms with van der Waals surface area (Å²) in [5, 5.41) is 11.2. The minimum Gasteiger partial charge on any atom is -0.480 e. The third-order valence-corrected chi connectivity index (χ3v) is 2.21. The van der Waals surface area contributed by atoms with Gasteiger partial charge in [-0.2, -0.15) is 0 Å². The van der Waals surface area contributed by atoms with E-state index in [1.54, 1.807) is 0 Å². The lowest BCUT2D eigenvalue weighted by Gasteiger charge is -2.12. The summed E-state index contributed by atoms with van der Waals surface area (Å²) in [7, 11) is 1.21. The lowest BCUT2D eigenvalue weighted by Crippen LogP contribution is -2.41. The van der Waals surface area contributed by atoms with Gasteiger partial charge in [-0.05, 0) is 6.42 Å². The molecule has 1 heterocycles. The Morgan fingerprint density at radius 2 is 2.28 bits per heavy atom. The molecule has 0 saturated carbocycles. The summed E-state index contributed by atoms with van der Waals surface area (Å²) in [6, 6.07) is -1.15. The first-order valence-electron chi connectivity index (χ1n) is 5.13. The van der Waals surface area contributed by atoms with Crippen molar-refractivity contribution >= 4 is 17.8 Å². The maximum absolute atomic E-state index is 11.6. The number of carbonyl (C=O) groups excluding carboxylic acids is 2. The second kappa shape index (κ2) is 6.38. The fourth-order valence-corrected chi connectivity index (χ4v) is 1.24. The van der Waals surface area contributed by atoms with Gasteiger partial charge in [0.1, 0.15) is 11.7 Å². The van der Waals surface area contributed by atoms with Crippen molar-refractivity contribution in [2.24, 2.45) is 0 Å². The lowest BCUT2D eigenvalue weighted by molar-refractivity contribution is -0.142. The molecule has 1 rings (SSSR count). The van der Waals surface area contributed by atoms with Crippen LogP contribution in [0.5, 0.6) is 0 Å². The normalized spacial score (nSPS) is 11.6. The van der Waals surface area contributed by atoms with Crippen molar-refractivity contribution < 1.29 is 24.2 Å². The molecule has 8 nitrogen and oxygen atoms in total. The highest BCUT2D eigenvalue weighted by molar-refractivity contribution is 5.94. The van der Waals surface area contributed by atoms with Gasteiger partial charge in [-0.1, -0.05) is 0 Å². The van der Waals surface area contributed by atoms with Crippen molar-refractivity contribution in [2.75, 3.05) is 7.11 Å². The van der Waals surface area contributed by atoms with Gasteiger partial charge >= 0.3 is 11.9 Å². The topological polar surface area (TPSA) is 121 Å². The number of ether oxygens (including phenoxy) is 1. The van der Waals surface area contributed by atoms with Gasteiger partial charge < -0.3 is 20.1 Å². The molecule has 0 aliphatic heterocycles. The standard InChI is InChI=1S/C10H13N3O5/c1-18-8(14)3-2-6(10(16)17)13-9(15)7-4-11-5-12-7/h4-6H,2-3H2,1H3,(H,11,12)(H,13,15)(H,16,17)/t6-/m1/s1. The van der Waals surface area contributed by atoms with Crippen molar-refractivity contribution in [3.8, 4) is 0 Å². The van der Waals surface area contributed by atoms with Crippen LogP contribution in [0.3, 0.4) is 0 Å². The van der Waals surface area contributed by atoms with Crippen LogP contribution in [-0.4, -0.2) is 46.1 Å². The average molecular weight is 255 g/mol. The Hall–Kier alpha value is -2.38. The summed E-state index contributed by atoms with van der Waals surface area (Å²) >= 11 is 0. The molecule has 1 atom stereocenters. The summed E-state index contributed by atoms with van der Waals surface area (Å²) < 4.78 is 4.40. The number of carboxylic acid groups (broad SMARTS) is 1. The summed E-state index contributed by atoms with van der Waals surface area (Å²) in [6.45, 7) is 0. The molecular weight excluding hydrogens is 242 g/mol. The van der Waals surface area contributed by atoms with Crippen molar-refractivity contribution in [1.29, 1.82) is 0 Å². The van der Waals surface area contributed by atoms with E-state index in [0.717, 1.165) is 0 Å². The molecule has 1 aromatic heterocycles. The van der Waals surface area contributed by atoms with Crippen LogP contribution in [0, 0.1) is 0 Å². The monoisotopic (exact) mass is 255 g/mol. The van der Waals surface area contributed by atoms with Crippen molar-refractivity contribution in [1.82, 2.24) is 15.3 Å². The number of aromatic nitrogens is 2. The molecule has 1 amide bonds. The molecule has 3 N–H and O–H groups in total. The van der Waals surface area contributed by atoms with Crippen LogP contribution in [0.2, 0.25) is 0 Å². The summed E-state index contributed by atoms with van der Waals surface area (Å²) in [5.74, 6) is -2.34. The lowest BCUT2D eigenvalue weighted by atomic mass is 10.1. The zero-order chi connectivity index (χ0) is 13.5. The number of carboxylic acids is 1. The molecule has 0 unspecified atom stereocenters. The smallest absolute Gasteiger partial charge is 0.326 e. The van der Waals surface area contributed by atoms with Crippen LogP contribution in [-0.2, 0) is 14.3 Å². The number of imidazole rings is 1. The molecule has 98 valence electrons. The third-order valence-electron chi connectivity index (χ3n) is 2.21. The molecule has 0 saturated heterocycles. The largest absolute Gasteiger partial charge is 0.480 e. The van der Waals surface area contributed by atoms with E-state index in [0.29, 0.717) is 0 Å².